The van der Waals surface area contributed by atoms with E-state index < -0.39 is 0 Å². The zero-order valence-corrected chi connectivity index (χ0v) is 11.9. The zero-order valence-electron chi connectivity index (χ0n) is 11.9. The molecule has 17 heavy (non-hydrogen) atoms. The van der Waals surface area contributed by atoms with Crippen molar-refractivity contribution in [2.45, 2.75) is 58.8 Å². The van der Waals surface area contributed by atoms with Gasteiger partial charge in [-0.1, -0.05) is 20.3 Å². The first-order chi connectivity index (χ1) is 8.19. The molecule has 0 N–H and O–H groups in total. The number of rotatable bonds is 5. The summed E-state index contributed by atoms with van der Waals surface area (Å²) in [6.07, 6.45) is 7.87. The molecule has 0 bridgehead atoms. The van der Waals surface area contributed by atoms with Crippen molar-refractivity contribution in [1.29, 1.82) is 0 Å². The quantitative estimate of drug-likeness (QED) is 0.732. The molecular formula is C15H29NO. The van der Waals surface area contributed by atoms with Crippen molar-refractivity contribution in [3.05, 3.63) is 0 Å². The average Bonchev–Trinajstić information content (AvgIpc) is 2.29. The number of likely N-dealkylation sites (tertiary alicyclic amines) is 1. The van der Waals surface area contributed by atoms with Gasteiger partial charge in [-0.25, -0.2) is 0 Å². The molecule has 0 aromatic heterocycles. The Kier molecular flexibility index (Phi) is 6.79. The van der Waals surface area contributed by atoms with Crippen LogP contribution in [0.25, 0.3) is 0 Å². The Morgan fingerprint density at radius 1 is 1.24 bits per heavy atom. The van der Waals surface area contributed by atoms with Crippen LogP contribution in [0, 0.1) is 11.8 Å². The third-order valence-corrected chi connectivity index (χ3v) is 4.12. The van der Waals surface area contributed by atoms with Crippen molar-refractivity contribution in [3.63, 3.8) is 0 Å². The second-order valence-corrected chi connectivity index (χ2v) is 5.58. The molecule has 0 radical (unpaired) electrons. The minimum absolute atomic E-state index is 0.335. The van der Waals surface area contributed by atoms with Crippen LogP contribution in [-0.2, 0) is 4.79 Å². The van der Waals surface area contributed by atoms with Gasteiger partial charge in [0, 0.05) is 11.8 Å². The standard InChI is InChI=1S/C15H29NO/c1-4-8-13(5-2)15(17)14-9-6-11-16(3)12-7-10-14/h13-14H,4-12H2,1-3H3. The van der Waals surface area contributed by atoms with Gasteiger partial charge in [0.05, 0.1) is 0 Å². The van der Waals surface area contributed by atoms with Crippen LogP contribution in [0.5, 0.6) is 0 Å². The lowest BCUT2D eigenvalue weighted by atomic mass is 9.82. The molecule has 0 aromatic carbocycles. The molecule has 1 aliphatic rings. The normalized spacial score (nSPS) is 21.8. The monoisotopic (exact) mass is 239 g/mol. The molecule has 1 aliphatic heterocycles. The summed E-state index contributed by atoms with van der Waals surface area (Å²) in [6, 6.07) is 0. The zero-order chi connectivity index (χ0) is 12.7. The molecule has 1 atom stereocenters. The van der Waals surface area contributed by atoms with Crippen LogP contribution in [0.15, 0.2) is 0 Å². The van der Waals surface area contributed by atoms with E-state index >= 15 is 0 Å². The van der Waals surface area contributed by atoms with E-state index in [9.17, 15) is 4.79 Å². The number of carbonyl (C=O) groups excluding carboxylic acids is 1. The maximum atomic E-state index is 12.5. The average molecular weight is 239 g/mol. The van der Waals surface area contributed by atoms with E-state index in [4.69, 9.17) is 0 Å². The first-order valence-corrected chi connectivity index (χ1v) is 7.41. The third kappa shape index (κ3) is 4.79. The Bertz CT molecular complexity index is 217. The topological polar surface area (TPSA) is 20.3 Å². The highest BCUT2D eigenvalue weighted by atomic mass is 16.1. The fraction of sp³-hybridized carbons (Fsp3) is 0.933. The lowest BCUT2D eigenvalue weighted by Crippen LogP contribution is -2.29. The van der Waals surface area contributed by atoms with E-state index in [1.165, 1.54) is 12.8 Å². The van der Waals surface area contributed by atoms with Crippen LogP contribution >= 0.6 is 0 Å². The molecule has 1 fully saturated rings. The van der Waals surface area contributed by atoms with Gasteiger partial charge in [0.2, 0.25) is 0 Å². The van der Waals surface area contributed by atoms with Crippen molar-refractivity contribution >= 4 is 5.78 Å². The van der Waals surface area contributed by atoms with Gasteiger partial charge in [-0.3, -0.25) is 4.79 Å². The maximum Gasteiger partial charge on any atom is 0.139 e. The van der Waals surface area contributed by atoms with Gasteiger partial charge in [0.1, 0.15) is 5.78 Å². The first kappa shape index (κ1) is 14.7. The van der Waals surface area contributed by atoms with Gasteiger partial charge in [0.25, 0.3) is 0 Å². The Balaban J connectivity index is 2.48. The Hall–Kier alpha value is -0.370. The van der Waals surface area contributed by atoms with E-state index in [-0.39, 0.29) is 0 Å². The highest BCUT2D eigenvalue weighted by molar-refractivity contribution is 5.83. The number of ketones is 1. The molecule has 1 heterocycles. The second kappa shape index (κ2) is 7.86. The Morgan fingerprint density at radius 3 is 2.29 bits per heavy atom. The molecule has 0 aliphatic carbocycles. The summed E-state index contributed by atoms with van der Waals surface area (Å²) in [5.41, 5.74) is 0. The summed E-state index contributed by atoms with van der Waals surface area (Å²) in [4.78, 5) is 14.8. The minimum Gasteiger partial charge on any atom is -0.306 e. The highest BCUT2D eigenvalue weighted by Gasteiger charge is 2.25. The van der Waals surface area contributed by atoms with Crippen LogP contribution in [0.1, 0.15) is 58.8 Å². The van der Waals surface area contributed by atoms with Gasteiger partial charge >= 0.3 is 0 Å². The molecule has 0 aromatic rings. The van der Waals surface area contributed by atoms with Crippen LogP contribution in [0.3, 0.4) is 0 Å². The van der Waals surface area contributed by atoms with Gasteiger partial charge in [-0.05, 0) is 58.7 Å². The summed E-state index contributed by atoms with van der Waals surface area (Å²) in [6.45, 7) is 6.67. The molecule has 100 valence electrons. The minimum atomic E-state index is 0.335. The van der Waals surface area contributed by atoms with Crippen molar-refractivity contribution in [3.8, 4) is 0 Å². The van der Waals surface area contributed by atoms with Gasteiger partial charge in [-0.15, -0.1) is 0 Å². The van der Waals surface area contributed by atoms with Crippen molar-refractivity contribution in [2.24, 2.45) is 11.8 Å². The molecule has 1 unspecified atom stereocenters. The molecule has 0 amide bonds. The summed E-state index contributed by atoms with van der Waals surface area (Å²) < 4.78 is 0. The van der Waals surface area contributed by atoms with Crippen molar-refractivity contribution in [2.75, 3.05) is 20.1 Å². The predicted molar refractivity (Wildman–Crippen MR) is 73.2 cm³/mol. The largest absolute Gasteiger partial charge is 0.306 e. The molecule has 0 spiro atoms. The molecule has 1 rings (SSSR count). The fourth-order valence-electron chi connectivity index (χ4n) is 2.99. The second-order valence-electron chi connectivity index (χ2n) is 5.58. The number of hydrogen-bond donors (Lipinski definition) is 0. The van der Waals surface area contributed by atoms with Crippen molar-refractivity contribution in [1.82, 2.24) is 4.90 Å². The summed E-state index contributed by atoms with van der Waals surface area (Å²) in [7, 11) is 2.19. The molecular weight excluding hydrogens is 210 g/mol. The number of hydrogen-bond acceptors (Lipinski definition) is 2. The Morgan fingerprint density at radius 2 is 1.82 bits per heavy atom. The molecule has 2 nitrogen and oxygen atoms in total. The summed E-state index contributed by atoms with van der Waals surface area (Å²) in [5, 5.41) is 0. The lowest BCUT2D eigenvalue weighted by Gasteiger charge is -2.26. The first-order valence-electron chi connectivity index (χ1n) is 7.41. The van der Waals surface area contributed by atoms with Crippen LogP contribution in [0.2, 0.25) is 0 Å². The van der Waals surface area contributed by atoms with Crippen molar-refractivity contribution < 1.29 is 4.79 Å². The summed E-state index contributed by atoms with van der Waals surface area (Å²) in [5.74, 6) is 1.27. The van der Waals surface area contributed by atoms with E-state index in [2.05, 4.69) is 25.8 Å². The van der Waals surface area contributed by atoms with E-state index in [1.54, 1.807) is 0 Å². The smallest absolute Gasteiger partial charge is 0.139 e. The number of carbonyl (C=O) groups is 1. The van der Waals surface area contributed by atoms with E-state index in [1.807, 2.05) is 0 Å². The van der Waals surface area contributed by atoms with E-state index in [0.717, 1.165) is 45.2 Å². The van der Waals surface area contributed by atoms with Gasteiger partial charge < -0.3 is 4.90 Å². The molecule has 1 saturated heterocycles. The van der Waals surface area contributed by atoms with Gasteiger partial charge in [-0.2, -0.15) is 0 Å². The lowest BCUT2D eigenvalue weighted by molar-refractivity contribution is -0.127. The van der Waals surface area contributed by atoms with Crippen LogP contribution in [-0.4, -0.2) is 30.8 Å². The predicted octanol–water partition coefficient (Wildman–Crippen LogP) is 3.50. The molecule has 2 heteroatoms. The third-order valence-electron chi connectivity index (χ3n) is 4.12. The number of Topliss-reactive ketones (excluding diaryl/α,β-unsaturated/α-hetero) is 1. The SMILES string of the molecule is CCCC(CC)C(=O)C1CCCN(C)CCC1. The Labute approximate surface area is 107 Å². The van der Waals surface area contributed by atoms with Crippen LogP contribution in [0.4, 0.5) is 0 Å². The van der Waals surface area contributed by atoms with Gasteiger partial charge in [0.15, 0.2) is 0 Å². The fourth-order valence-corrected chi connectivity index (χ4v) is 2.99. The van der Waals surface area contributed by atoms with Crippen LogP contribution < -0.4 is 0 Å². The number of nitrogens with zero attached hydrogens (tertiary/aromatic N) is 1. The highest BCUT2D eigenvalue weighted by Crippen LogP contribution is 2.25. The van der Waals surface area contributed by atoms with E-state index in [0.29, 0.717) is 17.6 Å². The summed E-state index contributed by atoms with van der Waals surface area (Å²) >= 11 is 0. The maximum absolute atomic E-state index is 12.5. The molecule has 0 saturated carbocycles.